The molecule has 6 heteroatoms. The fourth-order valence-electron chi connectivity index (χ4n) is 3.48. The summed E-state index contributed by atoms with van der Waals surface area (Å²) in [5.74, 6) is 0.192. The van der Waals surface area contributed by atoms with Crippen molar-refractivity contribution in [2.24, 2.45) is 0 Å². The number of carbonyl (C=O) groups is 1. The summed E-state index contributed by atoms with van der Waals surface area (Å²) in [5, 5.41) is 9.28. The van der Waals surface area contributed by atoms with E-state index in [0.29, 0.717) is 0 Å². The highest BCUT2D eigenvalue weighted by molar-refractivity contribution is 5.85. The summed E-state index contributed by atoms with van der Waals surface area (Å²) in [4.78, 5) is 22.0. The molecule has 1 aliphatic rings. The van der Waals surface area contributed by atoms with Crippen molar-refractivity contribution in [1.82, 2.24) is 9.97 Å². The highest BCUT2D eigenvalue weighted by atomic mass is 16.6. The van der Waals surface area contributed by atoms with Gasteiger partial charge in [-0.05, 0) is 28.3 Å². The predicted molar refractivity (Wildman–Crippen MR) is 102 cm³/mol. The summed E-state index contributed by atoms with van der Waals surface area (Å²) in [7, 11) is 0. The number of benzene rings is 2. The Labute approximate surface area is 157 Å². The molecule has 3 aromatic rings. The van der Waals surface area contributed by atoms with Crippen LogP contribution >= 0.6 is 0 Å². The highest BCUT2D eigenvalue weighted by Gasteiger charge is 2.30. The average molecular weight is 361 g/mol. The molecule has 1 aliphatic carbocycles. The monoisotopic (exact) mass is 361 g/mol. The number of nitrogens with zero attached hydrogens (tertiary/aromatic N) is 3. The number of hydrogen-bond donors (Lipinski definition) is 1. The first kappa shape index (κ1) is 17.2. The zero-order valence-electron chi connectivity index (χ0n) is 14.7. The molecule has 1 N–H and O–H groups in total. The van der Waals surface area contributed by atoms with Crippen molar-refractivity contribution in [3.63, 3.8) is 0 Å². The Morgan fingerprint density at radius 2 is 1.56 bits per heavy atom. The fourth-order valence-corrected chi connectivity index (χ4v) is 3.48. The summed E-state index contributed by atoms with van der Waals surface area (Å²) in [5.41, 5.74) is 4.65. The van der Waals surface area contributed by atoms with E-state index >= 15 is 0 Å². The van der Waals surface area contributed by atoms with Crippen molar-refractivity contribution < 1.29 is 14.6 Å². The van der Waals surface area contributed by atoms with Crippen molar-refractivity contribution in [2.45, 2.75) is 5.92 Å². The number of hydrogen-bond acceptors (Lipinski definition) is 5. The number of aliphatic hydroxyl groups is 1. The van der Waals surface area contributed by atoms with Gasteiger partial charge in [0.25, 0.3) is 0 Å². The summed E-state index contributed by atoms with van der Waals surface area (Å²) >= 11 is 0. The minimum atomic E-state index is -0.572. The molecule has 0 bridgehead atoms. The second-order valence-corrected chi connectivity index (χ2v) is 6.23. The maximum Gasteiger partial charge on any atom is 0.416 e. The van der Waals surface area contributed by atoms with Crippen molar-refractivity contribution in [1.29, 1.82) is 0 Å². The maximum absolute atomic E-state index is 12.6. The highest BCUT2D eigenvalue weighted by Crippen LogP contribution is 2.44. The number of carbonyl (C=O) groups excluding carboxylic acids is 1. The van der Waals surface area contributed by atoms with Crippen LogP contribution in [0.1, 0.15) is 17.0 Å². The smallest absolute Gasteiger partial charge is 0.416 e. The van der Waals surface area contributed by atoms with E-state index in [1.165, 1.54) is 16.0 Å². The molecule has 0 radical (unpaired) electrons. The topological polar surface area (TPSA) is 75.5 Å². The number of aliphatic hydroxyl groups excluding tert-OH is 1. The SMILES string of the molecule is O=C(OCC1c2ccccc2-c2ccccc21)N(CCO)c1ncccn1. The van der Waals surface area contributed by atoms with Crippen molar-refractivity contribution in [3.05, 3.63) is 78.1 Å². The molecule has 27 heavy (non-hydrogen) atoms. The molecule has 2 aromatic carbocycles. The van der Waals surface area contributed by atoms with E-state index in [1.807, 2.05) is 24.3 Å². The van der Waals surface area contributed by atoms with E-state index in [1.54, 1.807) is 18.5 Å². The molecule has 0 saturated heterocycles. The first-order valence-corrected chi connectivity index (χ1v) is 8.80. The van der Waals surface area contributed by atoms with Gasteiger partial charge < -0.3 is 9.84 Å². The molecule has 1 amide bonds. The molecule has 0 fully saturated rings. The Morgan fingerprint density at radius 1 is 0.963 bits per heavy atom. The van der Waals surface area contributed by atoms with Crippen LogP contribution in [0.25, 0.3) is 11.1 Å². The Kier molecular flexibility index (Phi) is 4.80. The summed E-state index contributed by atoms with van der Waals surface area (Å²) in [6.07, 6.45) is 2.52. The predicted octanol–water partition coefficient (Wildman–Crippen LogP) is 3.22. The first-order chi connectivity index (χ1) is 13.3. The van der Waals surface area contributed by atoms with Crippen molar-refractivity contribution >= 4 is 12.0 Å². The lowest BCUT2D eigenvalue weighted by atomic mass is 9.98. The van der Waals surface area contributed by atoms with E-state index in [-0.39, 0.29) is 31.6 Å². The van der Waals surface area contributed by atoms with Gasteiger partial charge in [-0.1, -0.05) is 48.5 Å². The third kappa shape index (κ3) is 3.27. The number of amides is 1. The van der Waals surface area contributed by atoms with Gasteiger partial charge in [-0.25, -0.2) is 19.7 Å². The van der Waals surface area contributed by atoms with Crippen LogP contribution in [-0.2, 0) is 4.74 Å². The van der Waals surface area contributed by atoms with Crippen LogP contribution in [0.2, 0.25) is 0 Å². The molecule has 1 aromatic heterocycles. The Morgan fingerprint density at radius 3 is 2.15 bits per heavy atom. The lowest BCUT2D eigenvalue weighted by Crippen LogP contribution is -2.36. The minimum Gasteiger partial charge on any atom is -0.448 e. The fraction of sp³-hybridized carbons (Fsp3) is 0.190. The van der Waals surface area contributed by atoms with Crippen LogP contribution in [0, 0.1) is 0 Å². The third-order valence-corrected chi connectivity index (χ3v) is 4.67. The van der Waals surface area contributed by atoms with Gasteiger partial charge in [0.2, 0.25) is 5.95 Å². The molecule has 0 saturated carbocycles. The lowest BCUT2D eigenvalue weighted by molar-refractivity contribution is 0.148. The number of anilines is 1. The third-order valence-electron chi connectivity index (χ3n) is 4.67. The van der Waals surface area contributed by atoms with Gasteiger partial charge in [-0.3, -0.25) is 0 Å². The van der Waals surface area contributed by atoms with E-state index in [0.717, 1.165) is 11.1 Å². The van der Waals surface area contributed by atoms with Gasteiger partial charge in [0.05, 0.1) is 13.2 Å². The number of aromatic nitrogens is 2. The summed E-state index contributed by atoms with van der Waals surface area (Å²) < 4.78 is 5.60. The van der Waals surface area contributed by atoms with Crippen LogP contribution < -0.4 is 4.90 Å². The molecular weight excluding hydrogens is 342 g/mol. The van der Waals surface area contributed by atoms with E-state index in [9.17, 15) is 9.90 Å². The molecule has 0 aliphatic heterocycles. The molecule has 0 atom stereocenters. The van der Waals surface area contributed by atoms with Crippen LogP contribution in [0.3, 0.4) is 0 Å². The molecule has 136 valence electrons. The number of rotatable bonds is 5. The molecule has 4 rings (SSSR count). The van der Waals surface area contributed by atoms with Crippen LogP contribution in [-0.4, -0.2) is 40.9 Å². The second kappa shape index (κ2) is 7.55. The van der Waals surface area contributed by atoms with Crippen LogP contribution in [0.15, 0.2) is 67.0 Å². The van der Waals surface area contributed by atoms with Crippen LogP contribution in [0.4, 0.5) is 10.7 Å². The lowest BCUT2D eigenvalue weighted by Gasteiger charge is -2.21. The Balaban J connectivity index is 1.55. The number of ether oxygens (including phenoxy) is 1. The molecule has 0 spiro atoms. The van der Waals surface area contributed by atoms with E-state index in [2.05, 4.69) is 34.2 Å². The molecule has 1 heterocycles. The molecular formula is C21H19N3O3. The Bertz CT molecular complexity index is 901. The van der Waals surface area contributed by atoms with Gasteiger partial charge >= 0.3 is 6.09 Å². The molecule has 0 unspecified atom stereocenters. The average Bonchev–Trinajstić information content (AvgIpc) is 3.05. The summed E-state index contributed by atoms with van der Waals surface area (Å²) in [6, 6.07) is 18.0. The van der Waals surface area contributed by atoms with Gasteiger partial charge in [0.1, 0.15) is 6.61 Å². The zero-order chi connectivity index (χ0) is 18.6. The first-order valence-electron chi connectivity index (χ1n) is 8.80. The van der Waals surface area contributed by atoms with Gasteiger partial charge in [-0.2, -0.15) is 0 Å². The van der Waals surface area contributed by atoms with Crippen molar-refractivity contribution in [2.75, 3.05) is 24.7 Å². The van der Waals surface area contributed by atoms with E-state index < -0.39 is 6.09 Å². The Hall–Kier alpha value is -3.25. The number of fused-ring (bicyclic) bond motifs is 3. The normalized spacial score (nSPS) is 12.3. The minimum absolute atomic E-state index is 0.0194. The maximum atomic E-state index is 12.6. The largest absolute Gasteiger partial charge is 0.448 e. The summed E-state index contributed by atoms with van der Waals surface area (Å²) in [6.45, 7) is 0.0742. The van der Waals surface area contributed by atoms with Gasteiger partial charge in [0.15, 0.2) is 0 Å². The molecule has 6 nitrogen and oxygen atoms in total. The second-order valence-electron chi connectivity index (χ2n) is 6.23. The zero-order valence-corrected chi connectivity index (χ0v) is 14.7. The standard InChI is InChI=1S/C21H19N3O3/c25-13-12-24(20-22-10-5-11-23-20)21(26)27-14-19-17-8-3-1-6-15(17)16-7-2-4-9-18(16)19/h1-11,19,25H,12-14H2. The quantitative estimate of drug-likeness (QED) is 0.755. The van der Waals surface area contributed by atoms with Gasteiger partial charge in [0, 0.05) is 18.3 Å². The van der Waals surface area contributed by atoms with Crippen LogP contribution in [0.5, 0.6) is 0 Å². The van der Waals surface area contributed by atoms with Crippen molar-refractivity contribution in [3.8, 4) is 11.1 Å². The van der Waals surface area contributed by atoms with Gasteiger partial charge in [-0.15, -0.1) is 0 Å². The van der Waals surface area contributed by atoms with E-state index in [4.69, 9.17) is 4.74 Å².